The van der Waals surface area contributed by atoms with E-state index in [1.807, 2.05) is 30.3 Å². The van der Waals surface area contributed by atoms with E-state index in [1.54, 1.807) is 19.1 Å². The number of hydrogen-bond acceptors (Lipinski definition) is 11. The van der Waals surface area contributed by atoms with Crippen LogP contribution < -0.4 is 5.73 Å². The van der Waals surface area contributed by atoms with Gasteiger partial charge in [-0.25, -0.2) is 9.50 Å². The molecule has 54 heavy (non-hydrogen) atoms. The lowest BCUT2D eigenvalue weighted by molar-refractivity contribution is -0.0886. The summed E-state index contributed by atoms with van der Waals surface area (Å²) in [6.45, 7) is 0.994. The Morgan fingerprint density at radius 1 is 0.870 bits per heavy atom. The molecule has 4 rings (SSSR count). The van der Waals surface area contributed by atoms with Crippen LogP contribution in [0, 0.1) is 0 Å². The van der Waals surface area contributed by atoms with Crippen molar-refractivity contribution in [3.63, 3.8) is 0 Å². The Morgan fingerprint density at radius 2 is 1.48 bits per heavy atom. The number of nitrogens with two attached hydrogens (primary N) is 1. The molecule has 0 amide bonds. The monoisotopic (exact) mass is 792 g/mol. The van der Waals surface area contributed by atoms with Gasteiger partial charge in [0.15, 0.2) is 5.82 Å². The molecule has 1 saturated heterocycles. The normalized spacial score (nSPS) is 21.8. The lowest BCUT2D eigenvalue weighted by Gasteiger charge is -2.27. The Kier molecular flexibility index (Phi) is 19.8. The van der Waals surface area contributed by atoms with Crippen LogP contribution in [0.1, 0.15) is 128 Å². The zero-order valence-corrected chi connectivity index (χ0v) is 34.1. The standard InChI is InChI=1S/C40H65N4O8PS/c1-3-4-5-6-7-8-9-10-11-12-13-14-15-16-17-21-26-48-28-33(49-27-32-22-19-18-20-23-32)29-50-53(47,54)51-30-35-37(45)38(46)40(2,52-35)36-25-24-34-39(41)42-31-43-44(34)36/h18-20,22-25,31,33,35,37-38,45-46H,3-17,21,26-30H2,1-2H3,(H,47,54)(H2,41,42,43)/t33-,35-,37-,38-,40+,53+/m1/s1. The number of nitrogen functional groups attached to an aromatic ring is 1. The van der Waals surface area contributed by atoms with Gasteiger partial charge in [0, 0.05) is 6.61 Å². The Morgan fingerprint density at radius 3 is 2.11 bits per heavy atom. The SMILES string of the molecule is CCCCCCCCCCCCCCCCCCOC[C@H](CO[P@](O)(=S)OC[C@H]1O[C@@](C)(c2ccc3c(N)ncnn23)[C@H](O)[C@@H]1O)OCc1ccccc1. The van der Waals surface area contributed by atoms with E-state index in [0.29, 0.717) is 24.4 Å². The molecule has 12 nitrogen and oxygen atoms in total. The maximum absolute atomic E-state index is 11.0. The predicted octanol–water partition coefficient (Wildman–Crippen LogP) is 7.76. The molecule has 3 aromatic rings. The minimum Gasteiger partial charge on any atom is -0.387 e. The number of benzene rings is 1. The first-order valence-electron chi connectivity index (χ1n) is 20.1. The van der Waals surface area contributed by atoms with Crippen LogP contribution in [-0.4, -0.2) is 80.5 Å². The van der Waals surface area contributed by atoms with Crippen LogP contribution in [0.15, 0.2) is 48.8 Å². The molecule has 0 radical (unpaired) electrons. The highest BCUT2D eigenvalue weighted by molar-refractivity contribution is 8.07. The summed E-state index contributed by atoms with van der Waals surface area (Å²) in [7, 11) is 0. The van der Waals surface area contributed by atoms with Crippen molar-refractivity contribution in [1.29, 1.82) is 0 Å². The number of unbranched alkanes of at least 4 members (excludes halogenated alkanes) is 15. The van der Waals surface area contributed by atoms with Gasteiger partial charge >= 0.3 is 6.72 Å². The molecule has 0 spiro atoms. The average Bonchev–Trinajstić information content (AvgIpc) is 3.71. The number of hydrogen-bond donors (Lipinski definition) is 4. The van der Waals surface area contributed by atoms with E-state index in [1.165, 1.54) is 101 Å². The largest absolute Gasteiger partial charge is 0.387 e. The van der Waals surface area contributed by atoms with Crippen molar-refractivity contribution in [2.45, 2.75) is 153 Å². The fourth-order valence-corrected chi connectivity index (χ4v) is 8.07. The van der Waals surface area contributed by atoms with Gasteiger partial charge in [0.1, 0.15) is 41.9 Å². The second-order valence-electron chi connectivity index (χ2n) is 14.7. The zero-order valence-electron chi connectivity index (χ0n) is 32.4. The van der Waals surface area contributed by atoms with Gasteiger partial charge in [-0.1, -0.05) is 134 Å². The number of aromatic nitrogens is 3. The van der Waals surface area contributed by atoms with Gasteiger partial charge in [0.05, 0.1) is 32.1 Å². The first kappa shape index (κ1) is 44.7. The Balaban J connectivity index is 1.13. The van der Waals surface area contributed by atoms with E-state index < -0.39 is 36.7 Å². The van der Waals surface area contributed by atoms with Gasteiger partial charge in [-0.3, -0.25) is 0 Å². The Labute approximate surface area is 327 Å². The summed E-state index contributed by atoms with van der Waals surface area (Å²) in [5.41, 5.74) is 6.62. The maximum Gasteiger partial charge on any atom is 0.324 e. The lowest BCUT2D eigenvalue weighted by atomic mass is 9.93. The molecule has 1 aromatic carbocycles. The zero-order chi connectivity index (χ0) is 38.7. The number of rotatable bonds is 29. The lowest BCUT2D eigenvalue weighted by Crippen LogP contribution is -2.39. The number of aliphatic hydroxyl groups excluding tert-OH is 2. The number of fused-ring (bicyclic) bond motifs is 1. The average molecular weight is 793 g/mol. The number of ether oxygens (including phenoxy) is 3. The Hall–Kier alpha value is -2.03. The maximum atomic E-state index is 11.0. The summed E-state index contributed by atoms with van der Waals surface area (Å²) in [6, 6.07) is 13.2. The van der Waals surface area contributed by atoms with Gasteiger partial charge in [0.2, 0.25) is 0 Å². The molecule has 0 aliphatic carbocycles. The molecule has 1 aliphatic rings. The van der Waals surface area contributed by atoms with Crippen LogP contribution >= 0.6 is 6.72 Å². The van der Waals surface area contributed by atoms with Crippen LogP contribution in [0.3, 0.4) is 0 Å². The van der Waals surface area contributed by atoms with Crippen LogP contribution in [0.2, 0.25) is 0 Å². The predicted molar refractivity (Wildman–Crippen MR) is 215 cm³/mol. The van der Waals surface area contributed by atoms with E-state index in [0.717, 1.165) is 18.4 Å². The summed E-state index contributed by atoms with van der Waals surface area (Å²) in [5, 5.41) is 26.2. The molecule has 1 aliphatic heterocycles. The van der Waals surface area contributed by atoms with Crippen molar-refractivity contribution >= 4 is 29.9 Å². The van der Waals surface area contributed by atoms with Gasteiger partial charge in [-0.15, -0.1) is 0 Å². The second kappa shape index (κ2) is 23.9. The minimum atomic E-state index is -3.78. The minimum absolute atomic E-state index is 0.0503. The fraction of sp³-hybridized carbons (Fsp3) is 0.700. The van der Waals surface area contributed by atoms with Crippen LogP contribution in [-0.2, 0) is 47.3 Å². The summed E-state index contributed by atoms with van der Waals surface area (Å²) in [6.07, 6.45) is 18.2. The third kappa shape index (κ3) is 14.5. The first-order valence-corrected chi connectivity index (χ1v) is 22.7. The van der Waals surface area contributed by atoms with Gasteiger partial charge < -0.3 is 44.1 Å². The molecule has 0 unspecified atom stereocenters. The Bertz CT molecular complexity index is 1520. The van der Waals surface area contributed by atoms with Crippen molar-refractivity contribution in [1.82, 2.24) is 14.6 Å². The van der Waals surface area contributed by atoms with E-state index in [4.69, 9.17) is 40.8 Å². The highest BCUT2D eigenvalue weighted by Gasteiger charge is 2.54. The van der Waals surface area contributed by atoms with E-state index in [9.17, 15) is 15.1 Å². The molecule has 1 fully saturated rings. The molecule has 5 N–H and O–H groups in total. The van der Waals surface area contributed by atoms with Crippen molar-refractivity contribution in [2.24, 2.45) is 0 Å². The highest BCUT2D eigenvalue weighted by atomic mass is 32.5. The summed E-state index contributed by atoms with van der Waals surface area (Å²) < 4.78 is 31.1. The molecule has 0 bridgehead atoms. The van der Waals surface area contributed by atoms with Crippen LogP contribution in [0.5, 0.6) is 0 Å². The summed E-state index contributed by atoms with van der Waals surface area (Å²) in [4.78, 5) is 14.9. The molecule has 304 valence electrons. The molecule has 2 aromatic heterocycles. The molecular formula is C40H65N4O8PS. The molecule has 6 atom stereocenters. The smallest absolute Gasteiger partial charge is 0.324 e. The van der Waals surface area contributed by atoms with Crippen molar-refractivity contribution < 1.29 is 38.4 Å². The van der Waals surface area contributed by atoms with Crippen LogP contribution in [0.4, 0.5) is 5.82 Å². The van der Waals surface area contributed by atoms with Crippen molar-refractivity contribution in [3.8, 4) is 0 Å². The highest BCUT2D eigenvalue weighted by Crippen LogP contribution is 2.46. The van der Waals surface area contributed by atoms with Crippen molar-refractivity contribution in [3.05, 3.63) is 60.0 Å². The van der Waals surface area contributed by atoms with Crippen LogP contribution in [0.25, 0.3) is 5.52 Å². The van der Waals surface area contributed by atoms with Gasteiger partial charge in [0.25, 0.3) is 0 Å². The van der Waals surface area contributed by atoms with Gasteiger partial charge in [-0.2, -0.15) is 5.10 Å². The second-order valence-corrected chi connectivity index (χ2v) is 17.6. The van der Waals surface area contributed by atoms with E-state index in [-0.39, 0.29) is 25.6 Å². The molecule has 3 heterocycles. The fourth-order valence-electron chi connectivity index (χ4n) is 6.94. The number of aliphatic hydroxyl groups is 2. The molecule has 14 heteroatoms. The van der Waals surface area contributed by atoms with E-state index >= 15 is 0 Å². The third-order valence-corrected chi connectivity index (χ3v) is 11.8. The first-order chi connectivity index (χ1) is 26.1. The summed E-state index contributed by atoms with van der Waals surface area (Å²) in [5.74, 6) is 0.266. The summed E-state index contributed by atoms with van der Waals surface area (Å²) >= 11 is 5.31. The third-order valence-electron chi connectivity index (χ3n) is 10.3. The number of nitrogens with zero attached hydrogens (tertiary/aromatic N) is 3. The number of anilines is 1. The molecule has 0 saturated carbocycles. The topological polar surface area (TPSA) is 163 Å². The van der Waals surface area contributed by atoms with Crippen molar-refractivity contribution in [2.75, 3.05) is 32.2 Å². The molecular weight excluding hydrogens is 728 g/mol. The quantitative estimate of drug-likeness (QED) is 0.0400. The van der Waals surface area contributed by atoms with E-state index in [2.05, 4.69) is 17.0 Å². The van der Waals surface area contributed by atoms with Gasteiger partial charge in [-0.05, 0) is 42.8 Å².